The molecule has 0 unspecified atom stereocenters. The number of hydrogen-bond donors (Lipinski definition) is 2. The molecule has 3 N–H and O–H groups in total. The molecule has 0 aliphatic heterocycles. The molecular weight excluding hydrogens is 399 g/mol. The van der Waals surface area contributed by atoms with E-state index in [1.165, 1.54) is 19.5 Å². The van der Waals surface area contributed by atoms with Gasteiger partial charge in [0, 0.05) is 29.9 Å². The number of rotatable bonds is 5. The molecule has 148 valence electrons. The van der Waals surface area contributed by atoms with Crippen LogP contribution in [0.2, 0.25) is 0 Å². The second-order valence-corrected chi connectivity index (χ2v) is 6.75. The summed E-state index contributed by atoms with van der Waals surface area (Å²) in [5.74, 6) is 0.0883. The molecular formula is C16H14F3N5O3S. The fourth-order valence-corrected chi connectivity index (χ4v) is 3.19. The number of nitrogen functional groups attached to an aromatic ring is 1. The Morgan fingerprint density at radius 2 is 2.11 bits per heavy atom. The summed E-state index contributed by atoms with van der Waals surface area (Å²) in [6.45, 7) is 0. The zero-order valence-corrected chi connectivity index (χ0v) is 15.2. The number of carboxylic acid groups (broad SMARTS) is 1. The van der Waals surface area contributed by atoms with Crippen LogP contribution >= 0.6 is 11.8 Å². The monoisotopic (exact) mass is 413 g/mol. The van der Waals surface area contributed by atoms with Crippen molar-refractivity contribution in [3.05, 3.63) is 36.0 Å². The summed E-state index contributed by atoms with van der Waals surface area (Å²) in [5, 5.41) is 9.60. The van der Waals surface area contributed by atoms with Gasteiger partial charge in [0.05, 0.1) is 11.9 Å². The van der Waals surface area contributed by atoms with Crippen molar-refractivity contribution in [1.29, 1.82) is 0 Å². The molecule has 3 rings (SSSR count). The Hall–Kier alpha value is -3.02. The Morgan fingerprint density at radius 3 is 2.79 bits per heavy atom. The third-order valence-electron chi connectivity index (χ3n) is 3.75. The van der Waals surface area contributed by atoms with Gasteiger partial charge in [-0.2, -0.15) is 13.2 Å². The summed E-state index contributed by atoms with van der Waals surface area (Å²) < 4.78 is 43.7. The fourth-order valence-electron chi connectivity index (χ4n) is 2.36. The Bertz CT molecular complexity index is 1020. The summed E-state index contributed by atoms with van der Waals surface area (Å²) in [5.41, 5.74) is 5.73. The van der Waals surface area contributed by atoms with Gasteiger partial charge in [-0.1, -0.05) is 11.8 Å². The molecule has 3 aromatic rings. The van der Waals surface area contributed by atoms with Crippen LogP contribution in [0, 0.1) is 0 Å². The number of fused-ring (bicyclic) bond motifs is 1. The normalized spacial score (nSPS) is 11.7. The molecule has 3 aromatic heterocycles. The third-order valence-corrected chi connectivity index (χ3v) is 4.60. The van der Waals surface area contributed by atoms with Crippen molar-refractivity contribution in [3.8, 4) is 0 Å². The van der Waals surface area contributed by atoms with Crippen molar-refractivity contribution in [2.45, 2.75) is 17.8 Å². The van der Waals surface area contributed by atoms with Crippen molar-refractivity contribution in [2.75, 3.05) is 23.4 Å². The Balaban J connectivity index is 1.73. The Labute approximate surface area is 160 Å². The van der Waals surface area contributed by atoms with Crippen LogP contribution in [0.3, 0.4) is 0 Å². The first-order chi connectivity index (χ1) is 13.1. The molecule has 3 heterocycles. The van der Waals surface area contributed by atoms with E-state index in [1.54, 1.807) is 6.07 Å². The van der Waals surface area contributed by atoms with E-state index in [0.717, 1.165) is 16.7 Å². The van der Waals surface area contributed by atoms with Crippen LogP contribution in [0.15, 0.2) is 34.2 Å². The fraction of sp³-hybridized carbons (Fsp3) is 0.250. The highest BCUT2D eigenvalue weighted by Crippen LogP contribution is 2.31. The zero-order chi connectivity index (χ0) is 20.5. The lowest BCUT2D eigenvalue weighted by Crippen LogP contribution is -2.23. The predicted octanol–water partition coefficient (Wildman–Crippen LogP) is 3.67. The minimum absolute atomic E-state index is 0.0805. The van der Waals surface area contributed by atoms with Gasteiger partial charge >= 0.3 is 12.3 Å². The molecule has 0 saturated carbocycles. The molecule has 0 atom stereocenters. The van der Waals surface area contributed by atoms with E-state index in [0.29, 0.717) is 40.6 Å². The predicted molar refractivity (Wildman–Crippen MR) is 96.3 cm³/mol. The van der Waals surface area contributed by atoms with E-state index in [4.69, 9.17) is 15.3 Å². The van der Waals surface area contributed by atoms with Gasteiger partial charge in [-0.25, -0.2) is 14.8 Å². The summed E-state index contributed by atoms with van der Waals surface area (Å²) in [4.78, 5) is 23.6. The highest BCUT2D eigenvalue weighted by atomic mass is 32.2. The number of anilines is 2. The smallest absolute Gasteiger partial charge is 0.433 e. The van der Waals surface area contributed by atoms with E-state index < -0.39 is 18.0 Å². The van der Waals surface area contributed by atoms with Crippen LogP contribution in [-0.4, -0.2) is 39.0 Å². The number of aryl methyl sites for hydroxylation is 1. The summed E-state index contributed by atoms with van der Waals surface area (Å²) >= 11 is 1.01. The van der Waals surface area contributed by atoms with Crippen LogP contribution < -0.4 is 10.6 Å². The van der Waals surface area contributed by atoms with E-state index in [-0.39, 0.29) is 11.0 Å². The number of nitrogens with zero attached hydrogens (tertiary/aromatic N) is 4. The second-order valence-electron chi connectivity index (χ2n) is 5.69. The topological polar surface area (TPSA) is 118 Å². The number of amides is 1. The van der Waals surface area contributed by atoms with Gasteiger partial charge in [-0.05, 0) is 12.5 Å². The average Bonchev–Trinajstić information content (AvgIpc) is 3.03. The van der Waals surface area contributed by atoms with Gasteiger partial charge in [-0.3, -0.25) is 9.88 Å². The van der Waals surface area contributed by atoms with Crippen molar-refractivity contribution >= 4 is 40.3 Å². The SMILES string of the molecule is CN(C(=O)O)c1coc2cnc(CCSc3nc(N)cc(C(F)(F)F)n3)cc12. The molecule has 0 saturated heterocycles. The van der Waals surface area contributed by atoms with Crippen LogP contribution in [-0.2, 0) is 12.6 Å². The van der Waals surface area contributed by atoms with E-state index in [1.807, 2.05) is 0 Å². The first-order valence-corrected chi connectivity index (χ1v) is 8.81. The van der Waals surface area contributed by atoms with Crippen LogP contribution in [0.1, 0.15) is 11.4 Å². The highest BCUT2D eigenvalue weighted by molar-refractivity contribution is 7.99. The maximum atomic E-state index is 12.8. The number of halogens is 3. The van der Waals surface area contributed by atoms with Gasteiger partial charge < -0.3 is 15.3 Å². The minimum atomic E-state index is -4.60. The number of alkyl halides is 3. The molecule has 8 nitrogen and oxygen atoms in total. The summed E-state index contributed by atoms with van der Waals surface area (Å²) in [6, 6.07) is 2.36. The summed E-state index contributed by atoms with van der Waals surface area (Å²) in [6.07, 6.45) is -2.57. The van der Waals surface area contributed by atoms with Crippen molar-refractivity contribution in [3.63, 3.8) is 0 Å². The lowest BCUT2D eigenvalue weighted by molar-refractivity contribution is -0.141. The lowest BCUT2D eigenvalue weighted by Gasteiger charge is -2.10. The number of pyridine rings is 1. The number of thioether (sulfide) groups is 1. The number of furan rings is 1. The summed E-state index contributed by atoms with van der Waals surface area (Å²) in [7, 11) is 1.39. The zero-order valence-electron chi connectivity index (χ0n) is 14.4. The van der Waals surface area contributed by atoms with Crippen LogP contribution in [0.5, 0.6) is 0 Å². The van der Waals surface area contributed by atoms with E-state index in [2.05, 4.69) is 15.0 Å². The van der Waals surface area contributed by atoms with E-state index in [9.17, 15) is 18.0 Å². The van der Waals surface area contributed by atoms with Crippen LogP contribution in [0.4, 0.5) is 29.5 Å². The standard InChI is InChI=1S/C16H14F3N5O3S/c1-24(15(25)26)10-7-27-11-6-21-8(4-9(10)11)2-3-28-14-22-12(16(17,18)19)5-13(20)23-14/h4-7H,2-3H2,1H3,(H,25,26)(H2,20,22,23). The number of hydrogen-bond acceptors (Lipinski definition) is 7. The Morgan fingerprint density at radius 1 is 1.36 bits per heavy atom. The minimum Gasteiger partial charge on any atom is -0.465 e. The van der Waals surface area contributed by atoms with E-state index >= 15 is 0 Å². The number of nitrogens with two attached hydrogens (primary N) is 1. The van der Waals surface area contributed by atoms with Crippen molar-refractivity contribution in [1.82, 2.24) is 15.0 Å². The molecule has 0 spiro atoms. The van der Waals surface area contributed by atoms with Crippen molar-refractivity contribution < 1.29 is 27.5 Å². The average molecular weight is 413 g/mol. The first-order valence-electron chi connectivity index (χ1n) is 7.82. The van der Waals surface area contributed by atoms with Crippen LogP contribution in [0.25, 0.3) is 11.0 Å². The first kappa shape index (κ1) is 19.7. The third kappa shape index (κ3) is 4.27. The van der Waals surface area contributed by atoms with Gasteiger partial charge in [0.2, 0.25) is 0 Å². The molecule has 0 bridgehead atoms. The molecule has 12 heteroatoms. The largest absolute Gasteiger partial charge is 0.465 e. The second kappa shape index (κ2) is 7.54. The van der Waals surface area contributed by atoms with Gasteiger partial charge in [0.25, 0.3) is 0 Å². The maximum absolute atomic E-state index is 12.8. The van der Waals surface area contributed by atoms with Gasteiger partial charge in [0.1, 0.15) is 12.1 Å². The molecule has 28 heavy (non-hydrogen) atoms. The lowest BCUT2D eigenvalue weighted by atomic mass is 10.2. The number of aromatic nitrogens is 3. The molecule has 0 aliphatic rings. The van der Waals surface area contributed by atoms with Crippen molar-refractivity contribution in [2.24, 2.45) is 0 Å². The highest BCUT2D eigenvalue weighted by Gasteiger charge is 2.33. The molecule has 1 amide bonds. The van der Waals surface area contributed by atoms with Gasteiger partial charge in [0.15, 0.2) is 16.4 Å². The molecule has 0 fully saturated rings. The quantitative estimate of drug-likeness (QED) is 0.480. The van der Waals surface area contributed by atoms with Gasteiger partial charge in [-0.15, -0.1) is 0 Å². The molecule has 0 aromatic carbocycles. The number of carbonyl (C=O) groups is 1. The maximum Gasteiger partial charge on any atom is 0.433 e. The molecule has 0 radical (unpaired) electrons. The Kier molecular flexibility index (Phi) is 5.31. The molecule has 0 aliphatic carbocycles.